The Hall–Kier alpha value is -2.00. The third kappa shape index (κ3) is 15.6. The monoisotopic (exact) mass is 495 g/mol. The van der Waals surface area contributed by atoms with Crippen molar-refractivity contribution in [3.05, 3.63) is 29.8 Å². The second-order valence-corrected chi connectivity index (χ2v) is 9.17. The number of amides is 1. The minimum absolute atomic E-state index is 0.0113. The minimum atomic E-state index is -0.504. The van der Waals surface area contributed by atoms with Crippen molar-refractivity contribution in [2.75, 3.05) is 31.7 Å². The van der Waals surface area contributed by atoms with Crippen LogP contribution in [0.25, 0.3) is 0 Å². The number of carbonyl (C=O) groups excluding carboxylic acids is 2. The van der Waals surface area contributed by atoms with E-state index < -0.39 is 12.1 Å². The summed E-state index contributed by atoms with van der Waals surface area (Å²) in [6, 6.07) is 6.69. The van der Waals surface area contributed by atoms with Crippen LogP contribution in [-0.4, -0.2) is 67.8 Å². The lowest BCUT2D eigenvalue weighted by Crippen LogP contribution is -2.28. The highest BCUT2D eigenvalue weighted by atomic mass is 16.6. The van der Waals surface area contributed by atoms with Crippen molar-refractivity contribution in [2.45, 2.75) is 97.6 Å². The van der Waals surface area contributed by atoms with E-state index in [0.29, 0.717) is 30.9 Å². The van der Waals surface area contributed by atoms with E-state index in [1.54, 1.807) is 31.2 Å². The number of aliphatic hydroxyl groups excluding tert-OH is 1. The standard InChI is InChI=1S/C27H45NO7/c1-6-7-8-9-10-11-26(30)28-25-14-12-24(13-15-25)27(31)35-19-23(5)34-18-22(4)33-17-21(3)32-16-20(2)29/h12-15,20-23,29H,6-11,16-19H2,1-5H3,(H,28,30). The van der Waals surface area contributed by atoms with Crippen molar-refractivity contribution >= 4 is 17.6 Å². The molecule has 0 heterocycles. The zero-order valence-electron chi connectivity index (χ0n) is 22.1. The number of nitrogens with one attached hydrogen (secondary N) is 1. The molecule has 1 aromatic carbocycles. The van der Waals surface area contributed by atoms with Gasteiger partial charge in [0.05, 0.1) is 49.8 Å². The van der Waals surface area contributed by atoms with Crippen molar-refractivity contribution in [2.24, 2.45) is 0 Å². The van der Waals surface area contributed by atoms with E-state index in [2.05, 4.69) is 12.2 Å². The molecule has 8 heteroatoms. The van der Waals surface area contributed by atoms with Crippen LogP contribution in [0.3, 0.4) is 0 Å². The van der Waals surface area contributed by atoms with E-state index in [0.717, 1.165) is 19.3 Å². The van der Waals surface area contributed by atoms with Crippen molar-refractivity contribution in [1.82, 2.24) is 0 Å². The molecule has 4 atom stereocenters. The van der Waals surface area contributed by atoms with E-state index in [1.807, 2.05) is 20.8 Å². The van der Waals surface area contributed by atoms with Gasteiger partial charge in [0.15, 0.2) is 0 Å². The van der Waals surface area contributed by atoms with Crippen LogP contribution < -0.4 is 5.32 Å². The van der Waals surface area contributed by atoms with E-state index >= 15 is 0 Å². The van der Waals surface area contributed by atoms with Crippen LogP contribution in [0.4, 0.5) is 5.69 Å². The summed E-state index contributed by atoms with van der Waals surface area (Å²) >= 11 is 0. The van der Waals surface area contributed by atoms with Crippen LogP contribution in [0.1, 0.15) is 83.5 Å². The molecule has 0 saturated heterocycles. The number of hydrogen-bond donors (Lipinski definition) is 2. The Morgan fingerprint density at radius 3 is 1.91 bits per heavy atom. The Morgan fingerprint density at radius 1 is 0.800 bits per heavy atom. The normalized spacial score (nSPS) is 14.7. The average molecular weight is 496 g/mol. The Bertz CT molecular complexity index is 708. The molecular formula is C27H45NO7. The van der Waals surface area contributed by atoms with Crippen molar-refractivity contribution in [1.29, 1.82) is 0 Å². The molecule has 0 aliphatic rings. The lowest BCUT2D eigenvalue weighted by molar-refractivity contribution is -0.116. The summed E-state index contributed by atoms with van der Waals surface area (Å²) in [6.45, 7) is 10.6. The third-order valence-electron chi connectivity index (χ3n) is 5.21. The topological polar surface area (TPSA) is 103 Å². The van der Waals surface area contributed by atoms with Crippen molar-refractivity contribution in [3.8, 4) is 0 Å². The number of esters is 1. The Labute approximate surface area is 210 Å². The van der Waals surface area contributed by atoms with Gasteiger partial charge in [-0.05, 0) is 58.4 Å². The fourth-order valence-electron chi connectivity index (χ4n) is 3.13. The van der Waals surface area contributed by atoms with Gasteiger partial charge in [-0.3, -0.25) is 4.79 Å². The van der Waals surface area contributed by atoms with Crippen molar-refractivity contribution in [3.63, 3.8) is 0 Å². The Kier molecular flexibility index (Phi) is 16.2. The highest BCUT2D eigenvalue weighted by molar-refractivity contribution is 5.93. The zero-order chi connectivity index (χ0) is 26.1. The van der Waals surface area contributed by atoms with Crippen LogP contribution >= 0.6 is 0 Å². The summed E-state index contributed by atoms with van der Waals surface area (Å²) in [5.74, 6) is -0.453. The molecule has 0 fully saturated rings. The number of anilines is 1. The molecule has 2 N–H and O–H groups in total. The van der Waals surface area contributed by atoms with Gasteiger partial charge in [0, 0.05) is 12.1 Å². The highest BCUT2D eigenvalue weighted by Crippen LogP contribution is 2.13. The summed E-state index contributed by atoms with van der Waals surface area (Å²) < 4.78 is 22.2. The number of carbonyl (C=O) groups is 2. The summed E-state index contributed by atoms with van der Waals surface area (Å²) in [7, 11) is 0. The second-order valence-electron chi connectivity index (χ2n) is 9.17. The first kappa shape index (κ1) is 31.0. The molecule has 1 aromatic rings. The smallest absolute Gasteiger partial charge is 0.338 e. The quantitative estimate of drug-likeness (QED) is 0.211. The first-order valence-electron chi connectivity index (χ1n) is 12.8. The van der Waals surface area contributed by atoms with Gasteiger partial charge in [0.25, 0.3) is 0 Å². The average Bonchev–Trinajstić information content (AvgIpc) is 2.83. The van der Waals surface area contributed by atoms with E-state index in [9.17, 15) is 14.7 Å². The summed E-state index contributed by atoms with van der Waals surface area (Å²) in [6.07, 6.45) is 4.95. The van der Waals surface area contributed by atoms with Crippen LogP contribution in [0.15, 0.2) is 24.3 Å². The number of hydrogen-bond acceptors (Lipinski definition) is 7. The molecule has 8 nitrogen and oxygen atoms in total. The molecule has 0 saturated carbocycles. The van der Waals surface area contributed by atoms with E-state index in [4.69, 9.17) is 18.9 Å². The molecule has 0 aromatic heterocycles. The first-order valence-corrected chi connectivity index (χ1v) is 12.8. The number of aliphatic hydroxyl groups is 1. The molecule has 1 rings (SSSR count). The van der Waals surface area contributed by atoms with Crippen molar-refractivity contribution < 1.29 is 33.6 Å². The van der Waals surface area contributed by atoms with Crippen LogP contribution in [0.5, 0.6) is 0 Å². The van der Waals surface area contributed by atoms with Gasteiger partial charge in [0.1, 0.15) is 6.61 Å². The van der Waals surface area contributed by atoms with Gasteiger partial charge in [-0.15, -0.1) is 0 Å². The summed E-state index contributed by atoms with van der Waals surface area (Å²) in [5, 5.41) is 12.1. The van der Waals surface area contributed by atoms with E-state index in [-0.39, 0.29) is 37.4 Å². The Balaban J connectivity index is 2.25. The third-order valence-corrected chi connectivity index (χ3v) is 5.21. The van der Waals surface area contributed by atoms with Crippen LogP contribution in [0.2, 0.25) is 0 Å². The van der Waals surface area contributed by atoms with Gasteiger partial charge in [-0.1, -0.05) is 32.6 Å². The fraction of sp³-hybridized carbons (Fsp3) is 0.704. The maximum absolute atomic E-state index is 12.3. The second kappa shape index (κ2) is 18.3. The zero-order valence-corrected chi connectivity index (χ0v) is 22.1. The molecule has 1 amide bonds. The van der Waals surface area contributed by atoms with Gasteiger partial charge in [0.2, 0.25) is 5.91 Å². The van der Waals surface area contributed by atoms with E-state index in [1.165, 1.54) is 12.8 Å². The summed E-state index contributed by atoms with van der Waals surface area (Å²) in [5.41, 5.74) is 1.08. The lowest BCUT2D eigenvalue weighted by atomic mass is 10.1. The highest BCUT2D eigenvalue weighted by Gasteiger charge is 2.13. The molecule has 35 heavy (non-hydrogen) atoms. The van der Waals surface area contributed by atoms with Gasteiger partial charge >= 0.3 is 5.97 Å². The minimum Gasteiger partial charge on any atom is -0.459 e. The molecule has 0 radical (unpaired) electrons. The molecule has 0 aliphatic carbocycles. The number of rotatable bonds is 19. The number of unbranched alkanes of at least 4 members (excludes halogenated alkanes) is 4. The number of ether oxygens (including phenoxy) is 4. The van der Waals surface area contributed by atoms with Crippen LogP contribution in [0, 0.1) is 0 Å². The molecular weight excluding hydrogens is 450 g/mol. The molecule has 0 spiro atoms. The maximum Gasteiger partial charge on any atom is 0.338 e. The molecule has 200 valence electrons. The molecule has 0 bridgehead atoms. The fourth-order valence-corrected chi connectivity index (χ4v) is 3.13. The van der Waals surface area contributed by atoms with Gasteiger partial charge in [-0.2, -0.15) is 0 Å². The predicted molar refractivity (Wildman–Crippen MR) is 137 cm³/mol. The largest absolute Gasteiger partial charge is 0.459 e. The summed E-state index contributed by atoms with van der Waals surface area (Å²) in [4.78, 5) is 24.4. The predicted octanol–water partition coefficient (Wildman–Crippen LogP) is 4.74. The molecule has 0 aliphatic heterocycles. The van der Waals surface area contributed by atoms with Crippen LogP contribution in [-0.2, 0) is 23.7 Å². The lowest BCUT2D eigenvalue weighted by Gasteiger charge is -2.20. The number of benzene rings is 1. The van der Waals surface area contributed by atoms with Gasteiger partial charge in [-0.25, -0.2) is 4.79 Å². The SMILES string of the molecule is CCCCCCCC(=O)Nc1ccc(C(=O)OCC(C)OCC(C)OCC(C)OCC(C)O)cc1. The molecule has 4 unspecified atom stereocenters. The maximum atomic E-state index is 12.3. The van der Waals surface area contributed by atoms with Gasteiger partial charge < -0.3 is 29.4 Å². The first-order chi connectivity index (χ1) is 16.7. The Morgan fingerprint density at radius 2 is 1.34 bits per heavy atom.